The number of hydrogen-bond donors (Lipinski definition) is 2. The molecule has 0 fully saturated rings. The Bertz CT molecular complexity index is 727. The lowest BCUT2D eigenvalue weighted by atomic mass is 10.0. The smallest absolute Gasteiger partial charge is 0.219 e. The van der Waals surface area contributed by atoms with Crippen LogP contribution in [0.25, 0.3) is 11.3 Å². The van der Waals surface area contributed by atoms with Gasteiger partial charge in [0.15, 0.2) is 0 Å². The number of rotatable bonds is 4. The van der Waals surface area contributed by atoms with Gasteiger partial charge in [-0.2, -0.15) is 5.10 Å². The molecule has 116 valence electrons. The summed E-state index contributed by atoms with van der Waals surface area (Å²) >= 11 is 0. The number of hydrogen-bond acceptors (Lipinski definition) is 3. The fourth-order valence-corrected chi connectivity index (χ4v) is 2.72. The minimum absolute atomic E-state index is 0.174. The molecular formula is C15H16F2N4O. The number of aromatic nitrogens is 2. The first-order valence-corrected chi connectivity index (χ1v) is 7.09. The van der Waals surface area contributed by atoms with Crippen LogP contribution in [0.15, 0.2) is 18.2 Å². The van der Waals surface area contributed by atoms with Gasteiger partial charge in [0.2, 0.25) is 5.91 Å². The van der Waals surface area contributed by atoms with E-state index < -0.39 is 17.5 Å². The zero-order valence-corrected chi connectivity index (χ0v) is 11.9. The lowest BCUT2D eigenvalue weighted by molar-refractivity contribution is -0.118. The van der Waals surface area contributed by atoms with E-state index in [2.05, 4.69) is 10.4 Å². The third-order valence-corrected chi connectivity index (χ3v) is 3.76. The van der Waals surface area contributed by atoms with Crippen molar-refractivity contribution in [1.29, 1.82) is 0 Å². The fraction of sp³-hybridized carbons (Fsp3) is 0.333. The predicted octanol–water partition coefficient (Wildman–Crippen LogP) is 1.35. The van der Waals surface area contributed by atoms with Gasteiger partial charge in [-0.05, 0) is 12.1 Å². The van der Waals surface area contributed by atoms with Gasteiger partial charge in [-0.15, -0.1) is 0 Å². The molecule has 0 saturated heterocycles. The molecule has 1 aliphatic rings. The normalized spacial score (nSPS) is 13.9. The monoisotopic (exact) mass is 306 g/mol. The SMILES string of the molecule is NC(=O)CCn1nc(-c2ccc(F)cc2F)c2c1CCNC2. The molecule has 2 heterocycles. The summed E-state index contributed by atoms with van der Waals surface area (Å²) in [5.41, 5.74) is 7.80. The first-order chi connectivity index (χ1) is 10.6. The molecule has 0 aliphatic carbocycles. The molecule has 1 aromatic carbocycles. The number of amides is 1. The molecule has 0 atom stereocenters. The number of primary amides is 1. The molecule has 0 spiro atoms. The van der Waals surface area contributed by atoms with Gasteiger partial charge in [0.25, 0.3) is 0 Å². The molecule has 1 aromatic heterocycles. The average Bonchev–Trinajstić information content (AvgIpc) is 2.84. The summed E-state index contributed by atoms with van der Waals surface area (Å²) in [7, 11) is 0. The van der Waals surface area contributed by atoms with Crippen molar-refractivity contribution in [1.82, 2.24) is 15.1 Å². The van der Waals surface area contributed by atoms with Crippen LogP contribution in [0.4, 0.5) is 8.78 Å². The van der Waals surface area contributed by atoms with Gasteiger partial charge >= 0.3 is 0 Å². The van der Waals surface area contributed by atoms with Crippen molar-refractivity contribution >= 4 is 5.91 Å². The van der Waals surface area contributed by atoms with E-state index >= 15 is 0 Å². The third-order valence-electron chi connectivity index (χ3n) is 3.76. The Morgan fingerprint density at radius 1 is 1.41 bits per heavy atom. The topological polar surface area (TPSA) is 72.9 Å². The van der Waals surface area contributed by atoms with Crippen LogP contribution in [-0.4, -0.2) is 22.2 Å². The number of aryl methyl sites for hydroxylation is 1. The molecule has 2 aromatic rings. The Morgan fingerprint density at radius 2 is 2.23 bits per heavy atom. The number of carbonyl (C=O) groups is 1. The lowest BCUT2D eigenvalue weighted by Gasteiger charge is -2.15. The Labute approximate surface area is 126 Å². The number of carbonyl (C=O) groups excluding carboxylic acids is 1. The summed E-state index contributed by atoms with van der Waals surface area (Å²) in [6.45, 7) is 1.72. The standard InChI is InChI=1S/C15H16F2N4O/c16-9-1-2-10(12(17)7-9)15-11-8-19-5-3-13(11)21(20-15)6-4-14(18)22/h1-2,7,19H,3-6,8H2,(H2,18,22). The highest BCUT2D eigenvalue weighted by Crippen LogP contribution is 2.30. The van der Waals surface area contributed by atoms with Crippen LogP contribution in [0.1, 0.15) is 17.7 Å². The average molecular weight is 306 g/mol. The van der Waals surface area contributed by atoms with Crippen LogP contribution in [-0.2, 0) is 24.3 Å². The molecule has 7 heteroatoms. The zero-order chi connectivity index (χ0) is 15.7. The van der Waals surface area contributed by atoms with Crippen LogP contribution >= 0.6 is 0 Å². The van der Waals surface area contributed by atoms with Gasteiger partial charge in [0, 0.05) is 55.4 Å². The molecule has 0 bridgehead atoms. The van der Waals surface area contributed by atoms with Crippen LogP contribution < -0.4 is 11.1 Å². The number of nitrogens with one attached hydrogen (secondary N) is 1. The third kappa shape index (κ3) is 2.71. The summed E-state index contributed by atoms with van der Waals surface area (Å²) in [6.07, 6.45) is 0.913. The highest BCUT2D eigenvalue weighted by Gasteiger charge is 2.23. The number of fused-ring (bicyclic) bond motifs is 1. The van der Waals surface area contributed by atoms with Crippen molar-refractivity contribution in [2.75, 3.05) is 6.54 Å². The second kappa shape index (κ2) is 5.84. The zero-order valence-electron chi connectivity index (χ0n) is 11.9. The van der Waals surface area contributed by atoms with Crippen molar-refractivity contribution < 1.29 is 13.6 Å². The maximum atomic E-state index is 14.0. The second-order valence-electron chi connectivity index (χ2n) is 5.26. The molecule has 0 radical (unpaired) electrons. The number of halogens is 2. The van der Waals surface area contributed by atoms with E-state index in [1.165, 1.54) is 12.1 Å². The van der Waals surface area contributed by atoms with E-state index in [4.69, 9.17) is 5.73 Å². The molecule has 0 unspecified atom stereocenters. The summed E-state index contributed by atoms with van der Waals surface area (Å²) in [6, 6.07) is 3.45. The van der Waals surface area contributed by atoms with E-state index in [9.17, 15) is 13.6 Å². The van der Waals surface area contributed by atoms with Crippen molar-refractivity contribution in [2.45, 2.75) is 25.9 Å². The molecule has 0 saturated carbocycles. The maximum absolute atomic E-state index is 14.0. The number of nitrogens with two attached hydrogens (primary N) is 1. The largest absolute Gasteiger partial charge is 0.370 e. The van der Waals surface area contributed by atoms with Gasteiger partial charge in [0.1, 0.15) is 17.3 Å². The number of benzene rings is 1. The maximum Gasteiger partial charge on any atom is 0.219 e. The number of nitrogens with zero attached hydrogens (tertiary/aromatic N) is 2. The quantitative estimate of drug-likeness (QED) is 0.895. The van der Waals surface area contributed by atoms with Crippen molar-refractivity contribution in [2.24, 2.45) is 5.73 Å². The Morgan fingerprint density at radius 3 is 2.95 bits per heavy atom. The fourth-order valence-electron chi connectivity index (χ4n) is 2.72. The van der Waals surface area contributed by atoms with Gasteiger partial charge < -0.3 is 11.1 Å². The molecule has 3 N–H and O–H groups in total. The lowest BCUT2D eigenvalue weighted by Crippen LogP contribution is -2.25. The predicted molar refractivity (Wildman–Crippen MR) is 76.8 cm³/mol. The van der Waals surface area contributed by atoms with Crippen molar-refractivity contribution in [3.05, 3.63) is 41.1 Å². The summed E-state index contributed by atoms with van der Waals surface area (Å²) < 4.78 is 28.8. The van der Waals surface area contributed by atoms with Gasteiger partial charge in [0.05, 0.1) is 0 Å². The Kier molecular flexibility index (Phi) is 3.89. The minimum atomic E-state index is -0.645. The van der Waals surface area contributed by atoms with Gasteiger partial charge in [-0.3, -0.25) is 9.48 Å². The molecule has 3 rings (SSSR count). The highest BCUT2D eigenvalue weighted by molar-refractivity contribution is 5.73. The summed E-state index contributed by atoms with van der Waals surface area (Å²) in [5, 5.41) is 7.65. The second-order valence-corrected chi connectivity index (χ2v) is 5.26. The van der Waals surface area contributed by atoms with Crippen LogP contribution in [0.3, 0.4) is 0 Å². The Balaban J connectivity index is 2.05. The van der Waals surface area contributed by atoms with Gasteiger partial charge in [-0.1, -0.05) is 0 Å². The molecule has 22 heavy (non-hydrogen) atoms. The molecule has 5 nitrogen and oxygen atoms in total. The first-order valence-electron chi connectivity index (χ1n) is 7.09. The molecule has 1 amide bonds. The molecular weight excluding hydrogens is 290 g/mol. The van der Waals surface area contributed by atoms with E-state index in [0.717, 1.165) is 30.3 Å². The summed E-state index contributed by atoms with van der Waals surface area (Å²) in [5.74, 6) is -1.68. The van der Waals surface area contributed by atoms with Crippen LogP contribution in [0.5, 0.6) is 0 Å². The van der Waals surface area contributed by atoms with Gasteiger partial charge in [-0.25, -0.2) is 8.78 Å². The Hall–Kier alpha value is -2.28. The molecule has 1 aliphatic heterocycles. The van der Waals surface area contributed by atoms with Crippen molar-refractivity contribution in [3.63, 3.8) is 0 Å². The minimum Gasteiger partial charge on any atom is -0.370 e. The van der Waals surface area contributed by atoms with Crippen molar-refractivity contribution in [3.8, 4) is 11.3 Å². The first kappa shape index (κ1) is 14.6. The van der Waals surface area contributed by atoms with E-state index in [-0.39, 0.29) is 12.0 Å². The van der Waals surface area contributed by atoms with E-state index in [1.54, 1.807) is 4.68 Å². The van der Waals surface area contributed by atoms with E-state index in [0.29, 0.717) is 18.8 Å². The summed E-state index contributed by atoms with van der Waals surface area (Å²) in [4.78, 5) is 11.0. The van der Waals surface area contributed by atoms with Crippen LogP contribution in [0.2, 0.25) is 0 Å². The van der Waals surface area contributed by atoms with Crippen LogP contribution in [0, 0.1) is 11.6 Å². The van der Waals surface area contributed by atoms with E-state index in [1.807, 2.05) is 0 Å². The highest BCUT2D eigenvalue weighted by atomic mass is 19.1.